The van der Waals surface area contributed by atoms with Gasteiger partial charge < -0.3 is 16.2 Å². The molecule has 0 fully saturated rings. The third-order valence-electron chi connectivity index (χ3n) is 3.22. The van der Waals surface area contributed by atoms with Gasteiger partial charge in [0.05, 0.1) is 11.3 Å². The minimum absolute atomic E-state index is 0.0729. The number of carbonyl (C=O) groups excluding carboxylic acids is 1. The highest BCUT2D eigenvalue weighted by Crippen LogP contribution is 2.18. The van der Waals surface area contributed by atoms with Gasteiger partial charge in [-0.05, 0) is 38.0 Å². The normalized spacial score (nSPS) is 13.5. The molecule has 4 N–H and O–H groups in total. The van der Waals surface area contributed by atoms with Gasteiger partial charge in [-0.3, -0.25) is 4.79 Å². The quantitative estimate of drug-likeness (QED) is 0.721. The molecule has 6 heteroatoms. The average Bonchev–Trinajstić information content (AvgIpc) is 2.40. The van der Waals surface area contributed by atoms with Crippen molar-refractivity contribution in [2.45, 2.75) is 39.2 Å². The molecule has 0 spiro atoms. The molecule has 0 radical (unpaired) electrons. The molecule has 116 valence electrons. The van der Waals surface area contributed by atoms with E-state index in [1.54, 1.807) is 6.92 Å². The van der Waals surface area contributed by atoms with Crippen LogP contribution in [0.1, 0.15) is 43.5 Å². The van der Waals surface area contributed by atoms with Crippen LogP contribution in [0.5, 0.6) is 0 Å². The molecule has 0 aliphatic rings. The summed E-state index contributed by atoms with van der Waals surface area (Å²) in [4.78, 5) is 22.8. The van der Waals surface area contributed by atoms with Gasteiger partial charge in [0.15, 0.2) is 0 Å². The molecule has 0 heterocycles. The number of carbonyl (C=O) groups is 2. The van der Waals surface area contributed by atoms with Crippen molar-refractivity contribution in [3.8, 4) is 0 Å². The smallest absolute Gasteiger partial charge is 0.335 e. The van der Waals surface area contributed by atoms with Crippen LogP contribution in [0.25, 0.3) is 0 Å². The number of nitrogens with one attached hydrogen (secondary N) is 1. The van der Waals surface area contributed by atoms with Crippen LogP contribution in [0.4, 0.5) is 10.1 Å². The summed E-state index contributed by atoms with van der Waals surface area (Å²) in [5.41, 5.74) is 5.45. The Morgan fingerprint density at radius 3 is 2.57 bits per heavy atom. The molecule has 21 heavy (non-hydrogen) atoms. The van der Waals surface area contributed by atoms with Crippen molar-refractivity contribution in [2.24, 2.45) is 11.7 Å². The Labute approximate surface area is 123 Å². The highest BCUT2D eigenvalue weighted by molar-refractivity contribution is 5.95. The Bertz CT molecular complexity index is 518. The predicted molar refractivity (Wildman–Crippen MR) is 78.7 cm³/mol. The van der Waals surface area contributed by atoms with E-state index < -0.39 is 11.8 Å². The average molecular weight is 296 g/mol. The Hall–Kier alpha value is -1.95. The van der Waals surface area contributed by atoms with E-state index in [0.29, 0.717) is 6.42 Å². The fraction of sp³-hybridized carbons (Fsp3) is 0.467. The molecule has 0 aliphatic carbocycles. The van der Waals surface area contributed by atoms with Crippen LogP contribution in [0, 0.1) is 11.7 Å². The summed E-state index contributed by atoms with van der Waals surface area (Å²) in [6, 6.07) is 3.38. The van der Waals surface area contributed by atoms with Gasteiger partial charge in [-0.15, -0.1) is 0 Å². The second-order valence-electron chi connectivity index (χ2n) is 5.30. The summed E-state index contributed by atoms with van der Waals surface area (Å²) in [6.07, 6.45) is 2.28. The maximum Gasteiger partial charge on any atom is 0.335 e. The van der Waals surface area contributed by atoms with Crippen LogP contribution in [-0.2, 0) is 4.79 Å². The van der Waals surface area contributed by atoms with Gasteiger partial charge >= 0.3 is 5.97 Å². The first-order chi connectivity index (χ1) is 9.81. The zero-order valence-corrected chi connectivity index (χ0v) is 12.2. The van der Waals surface area contributed by atoms with Crippen LogP contribution in [0.2, 0.25) is 0 Å². The van der Waals surface area contributed by atoms with Crippen molar-refractivity contribution in [1.82, 2.24) is 0 Å². The highest BCUT2D eigenvalue weighted by Gasteiger charge is 2.16. The van der Waals surface area contributed by atoms with Crippen LogP contribution < -0.4 is 11.1 Å². The lowest BCUT2D eigenvalue weighted by atomic mass is 10.0. The fourth-order valence-corrected chi connectivity index (χ4v) is 1.89. The summed E-state index contributed by atoms with van der Waals surface area (Å²) in [5, 5.41) is 11.3. The van der Waals surface area contributed by atoms with E-state index in [2.05, 4.69) is 5.32 Å². The van der Waals surface area contributed by atoms with E-state index in [1.165, 1.54) is 0 Å². The second kappa shape index (κ2) is 7.73. The lowest BCUT2D eigenvalue weighted by molar-refractivity contribution is -0.119. The molecule has 1 rings (SSSR count). The lowest BCUT2D eigenvalue weighted by Gasteiger charge is -2.13. The van der Waals surface area contributed by atoms with E-state index in [1.807, 2.05) is 6.92 Å². The Balaban J connectivity index is 2.65. The van der Waals surface area contributed by atoms with E-state index in [4.69, 9.17) is 10.8 Å². The zero-order chi connectivity index (χ0) is 16.0. The van der Waals surface area contributed by atoms with Crippen molar-refractivity contribution in [2.75, 3.05) is 5.32 Å². The largest absolute Gasteiger partial charge is 0.478 e. The molecule has 0 aromatic heterocycles. The molecule has 5 nitrogen and oxygen atoms in total. The topological polar surface area (TPSA) is 92.4 Å². The molecule has 0 bridgehead atoms. The molecule has 0 aliphatic heterocycles. The number of aromatic carboxylic acids is 1. The van der Waals surface area contributed by atoms with Crippen LogP contribution in [0.15, 0.2) is 18.2 Å². The lowest BCUT2D eigenvalue weighted by Crippen LogP contribution is -2.22. The van der Waals surface area contributed by atoms with E-state index in [-0.39, 0.29) is 29.1 Å². The SMILES string of the molecule is CC(N)CCCC(C)C(=O)Nc1cc(C(=O)O)ccc1F. The predicted octanol–water partition coefficient (Wildman–Crippen LogP) is 2.62. The Morgan fingerprint density at radius 2 is 2.00 bits per heavy atom. The monoisotopic (exact) mass is 296 g/mol. The summed E-state index contributed by atoms with van der Waals surface area (Å²) in [5.74, 6) is -2.45. The van der Waals surface area contributed by atoms with Crippen molar-refractivity contribution in [1.29, 1.82) is 0 Å². The second-order valence-corrected chi connectivity index (χ2v) is 5.30. The Kier molecular flexibility index (Phi) is 6.30. The van der Waals surface area contributed by atoms with Crippen LogP contribution in [-0.4, -0.2) is 23.0 Å². The minimum Gasteiger partial charge on any atom is -0.478 e. The van der Waals surface area contributed by atoms with Gasteiger partial charge in [-0.1, -0.05) is 13.3 Å². The third-order valence-corrected chi connectivity index (χ3v) is 3.22. The van der Waals surface area contributed by atoms with Crippen LogP contribution in [0.3, 0.4) is 0 Å². The number of benzene rings is 1. The number of nitrogens with two attached hydrogens (primary N) is 1. The van der Waals surface area contributed by atoms with Gasteiger partial charge in [0, 0.05) is 12.0 Å². The molecule has 0 saturated heterocycles. The van der Waals surface area contributed by atoms with Gasteiger partial charge in [-0.25, -0.2) is 9.18 Å². The first-order valence-electron chi connectivity index (χ1n) is 6.90. The summed E-state index contributed by atoms with van der Waals surface area (Å²) in [6.45, 7) is 3.65. The van der Waals surface area contributed by atoms with E-state index in [0.717, 1.165) is 31.0 Å². The Morgan fingerprint density at radius 1 is 1.33 bits per heavy atom. The van der Waals surface area contributed by atoms with E-state index >= 15 is 0 Å². The van der Waals surface area contributed by atoms with Crippen molar-refractivity contribution >= 4 is 17.6 Å². The molecule has 1 amide bonds. The molecule has 1 aromatic carbocycles. The summed E-state index contributed by atoms with van der Waals surface area (Å²) >= 11 is 0. The number of hydrogen-bond donors (Lipinski definition) is 3. The number of hydrogen-bond acceptors (Lipinski definition) is 3. The van der Waals surface area contributed by atoms with Gasteiger partial charge in [0.1, 0.15) is 5.82 Å². The number of carboxylic acid groups (broad SMARTS) is 1. The maximum absolute atomic E-state index is 13.6. The van der Waals surface area contributed by atoms with Gasteiger partial charge in [0.25, 0.3) is 0 Å². The number of carboxylic acids is 1. The fourth-order valence-electron chi connectivity index (χ4n) is 1.89. The molecular weight excluding hydrogens is 275 g/mol. The first kappa shape index (κ1) is 17.1. The molecule has 0 saturated carbocycles. The maximum atomic E-state index is 13.6. The number of halogens is 1. The van der Waals surface area contributed by atoms with Gasteiger partial charge in [-0.2, -0.15) is 0 Å². The third kappa shape index (κ3) is 5.51. The zero-order valence-electron chi connectivity index (χ0n) is 12.2. The molecular formula is C15H21FN2O3. The summed E-state index contributed by atoms with van der Waals surface area (Å²) < 4.78 is 13.6. The van der Waals surface area contributed by atoms with Gasteiger partial charge in [0.2, 0.25) is 5.91 Å². The number of rotatable bonds is 7. The van der Waals surface area contributed by atoms with Crippen molar-refractivity contribution < 1.29 is 19.1 Å². The summed E-state index contributed by atoms with van der Waals surface area (Å²) in [7, 11) is 0. The minimum atomic E-state index is -1.17. The molecule has 1 aromatic rings. The molecule has 2 atom stereocenters. The number of amides is 1. The van der Waals surface area contributed by atoms with Crippen LogP contribution >= 0.6 is 0 Å². The molecule has 2 unspecified atom stereocenters. The highest BCUT2D eigenvalue weighted by atomic mass is 19.1. The van der Waals surface area contributed by atoms with E-state index in [9.17, 15) is 14.0 Å². The number of anilines is 1. The van der Waals surface area contributed by atoms with Crippen molar-refractivity contribution in [3.63, 3.8) is 0 Å². The first-order valence-corrected chi connectivity index (χ1v) is 6.90. The standard InChI is InChI=1S/C15H21FN2O3/c1-9(4-3-5-10(2)17)14(19)18-13-8-11(15(20)21)6-7-12(13)16/h6-10H,3-5,17H2,1-2H3,(H,18,19)(H,20,21). The van der Waals surface area contributed by atoms with Crippen molar-refractivity contribution in [3.05, 3.63) is 29.6 Å².